The maximum Gasteiger partial charge on any atom is 0.224 e. The van der Waals surface area contributed by atoms with Crippen molar-refractivity contribution >= 4 is 5.91 Å². The molecule has 86 valence electrons. The van der Waals surface area contributed by atoms with Crippen LogP contribution in [0.2, 0.25) is 0 Å². The van der Waals surface area contributed by atoms with Crippen molar-refractivity contribution in [2.75, 3.05) is 26.7 Å². The van der Waals surface area contributed by atoms with Crippen molar-refractivity contribution in [1.82, 2.24) is 9.80 Å². The summed E-state index contributed by atoms with van der Waals surface area (Å²) in [4.78, 5) is 16.4. The Morgan fingerprint density at radius 3 is 2.47 bits per heavy atom. The van der Waals surface area contributed by atoms with Gasteiger partial charge < -0.3 is 9.80 Å². The molecule has 2 heterocycles. The molecule has 3 heteroatoms. The van der Waals surface area contributed by atoms with E-state index in [0.29, 0.717) is 11.9 Å². The average molecular weight is 210 g/mol. The highest BCUT2D eigenvalue weighted by Crippen LogP contribution is 2.19. The van der Waals surface area contributed by atoms with Crippen LogP contribution in [0.25, 0.3) is 0 Å². The van der Waals surface area contributed by atoms with E-state index in [9.17, 15) is 4.79 Å². The first kappa shape index (κ1) is 10.9. The molecule has 0 aromatic carbocycles. The van der Waals surface area contributed by atoms with Crippen molar-refractivity contribution < 1.29 is 4.79 Å². The molecule has 3 nitrogen and oxygen atoms in total. The van der Waals surface area contributed by atoms with Gasteiger partial charge in [0.2, 0.25) is 5.91 Å². The predicted molar refractivity (Wildman–Crippen MR) is 60.7 cm³/mol. The topological polar surface area (TPSA) is 23.6 Å². The smallest absolute Gasteiger partial charge is 0.224 e. The minimum atomic E-state index is 0.383. The molecule has 0 aromatic heterocycles. The average Bonchev–Trinajstić information content (AvgIpc) is 2.66. The van der Waals surface area contributed by atoms with E-state index in [1.165, 1.54) is 32.1 Å². The second-order valence-corrected chi connectivity index (χ2v) is 4.92. The van der Waals surface area contributed by atoms with Gasteiger partial charge in [-0.2, -0.15) is 0 Å². The van der Waals surface area contributed by atoms with E-state index in [1.54, 1.807) is 0 Å². The molecule has 0 bridgehead atoms. The van der Waals surface area contributed by atoms with Gasteiger partial charge in [-0.3, -0.25) is 4.79 Å². The van der Waals surface area contributed by atoms with E-state index in [2.05, 4.69) is 16.8 Å². The third-order valence-corrected chi connectivity index (χ3v) is 3.79. The van der Waals surface area contributed by atoms with Crippen LogP contribution in [-0.2, 0) is 4.79 Å². The maximum atomic E-state index is 12.0. The predicted octanol–water partition coefficient (Wildman–Crippen LogP) is 1.48. The highest BCUT2D eigenvalue weighted by molar-refractivity contribution is 5.76. The second kappa shape index (κ2) is 4.97. The van der Waals surface area contributed by atoms with Crippen molar-refractivity contribution in [1.29, 1.82) is 0 Å². The van der Waals surface area contributed by atoms with Gasteiger partial charge >= 0.3 is 0 Å². The maximum absolute atomic E-state index is 12.0. The fourth-order valence-electron chi connectivity index (χ4n) is 2.71. The van der Waals surface area contributed by atoms with Crippen LogP contribution < -0.4 is 0 Å². The molecule has 1 atom stereocenters. The Kier molecular flexibility index (Phi) is 3.62. The van der Waals surface area contributed by atoms with Gasteiger partial charge in [0.15, 0.2) is 0 Å². The number of piperidine rings is 1. The number of rotatable bonds is 2. The molecule has 0 spiro atoms. The van der Waals surface area contributed by atoms with Crippen molar-refractivity contribution in [2.24, 2.45) is 0 Å². The van der Waals surface area contributed by atoms with Crippen LogP contribution in [0.4, 0.5) is 0 Å². The molecule has 2 saturated heterocycles. The third kappa shape index (κ3) is 2.71. The van der Waals surface area contributed by atoms with E-state index in [-0.39, 0.29) is 0 Å². The molecule has 0 aliphatic carbocycles. The lowest BCUT2D eigenvalue weighted by atomic mass is 10.1. The number of nitrogens with zero attached hydrogens (tertiary/aromatic N) is 2. The molecule has 0 N–H and O–H groups in total. The fraction of sp³-hybridized carbons (Fsp3) is 0.917. The van der Waals surface area contributed by atoms with E-state index in [1.807, 2.05) is 0 Å². The van der Waals surface area contributed by atoms with E-state index >= 15 is 0 Å². The molecule has 2 rings (SSSR count). The molecule has 2 aliphatic rings. The Hall–Kier alpha value is -0.570. The van der Waals surface area contributed by atoms with Gasteiger partial charge in [0.05, 0.1) is 0 Å². The normalized spacial score (nSPS) is 28.3. The van der Waals surface area contributed by atoms with Crippen molar-refractivity contribution in [3.05, 3.63) is 0 Å². The van der Waals surface area contributed by atoms with Crippen LogP contribution in [0.15, 0.2) is 0 Å². The summed E-state index contributed by atoms with van der Waals surface area (Å²) >= 11 is 0. The first-order chi connectivity index (χ1) is 7.27. The minimum Gasteiger partial charge on any atom is -0.343 e. The Labute approximate surface area is 92.4 Å². The number of hydrogen-bond acceptors (Lipinski definition) is 2. The molecular formula is C12H22N2O. The Morgan fingerprint density at radius 2 is 1.87 bits per heavy atom. The first-order valence-electron chi connectivity index (χ1n) is 6.25. The summed E-state index contributed by atoms with van der Waals surface area (Å²) in [5.74, 6) is 0.383. The molecule has 0 saturated carbocycles. The van der Waals surface area contributed by atoms with Gasteiger partial charge in [-0.25, -0.2) is 0 Å². The highest BCUT2D eigenvalue weighted by atomic mass is 16.2. The summed E-state index contributed by atoms with van der Waals surface area (Å²) < 4.78 is 0. The number of carbonyl (C=O) groups is 1. The molecular weight excluding hydrogens is 188 g/mol. The Bertz CT molecular complexity index is 224. The summed E-state index contributed by atoms with van der Waals surface area (Å²) in [5, 5.41) is 0. The summed E-state index contributed by atoms with van der Waals surface area (Å²) in [6.45, 7) is 3.16. The van der Waals surface area contributed by atoms with Gasteiger partial charge in [0.1, 0.15) is 0 Å². The van der Waals surface area contributed by atoms with Crippen LogP contribution >= 0.6 is 0 Å². The molecule has 1 unspecified atom stereocenters. The van der Waals surface area contributed by atoms with Gasteiger partial charge in [-0.1, -0.05) is 0 Å². The number of amides is 1. The largest absolute Gasteiger partial charge is 0.343 e. The first-order valence-corrected chi connectivity index (χ1v) is 6.25. The van der Waals surface area contributed by atoms with Gasteiger partial charge in [-0.15, -0.1) is 0 Å². The number of likely N-dealkylation sites (tertiary alicyclic amines) is 2. The molecule has 0 radical (unpaired) electrons. The summed E-state index contributed by atoms with van der Waals surface area (Å²) in [7, 11) is 2.14. The molecule has 2 aliphatic heterocycles. The van der Waals surface area contributed by atoms with Gasteiger partial charge in [0, 0.05) is 25.6 Å². The second-order valence-electron chi connectivity index (χ2n) is 4.92. The summed E-state index contributed by atoms with van der Waals surface area (Å²) in [6, 6.07) is 0.513. The van der Waals surface area contributed by atoms with E-state index in [4.69, 9.17) is 0 Å². The van der Waals surface area contributed by atoms with E-state index < -0.39 is 0 Å². The number of hydrogen-bond donors (Lipinski definition) is 0. The van der Waals surface area contributed by atoms with Crippen LogP contribution in [0.5, 0.6) is 0 Å². The Balaban J connectivity index is 1.80. The molecule has 15 heavy (non-hydrogen) atoms. The lowest BCUT2D eigenvalue weighted by molar-refractivity contribution is -0.133. The Morgan fingerprint density at radius 1 is 1.13 bits per heavy atom. The quantitative estimate of drug-likeness (QED) is 0.689. The van der Waals surface area contributed by atoms with Crippen molar-refractivity contribution in [2.45, 2.75) is 44.6 Å². The van der Waals surface area contributed by atoms with Gasteiger partial charge in [-0.05, 0) is 45.7 Å². The third-order valence-electron chi connectivity index (χ3n) is 3.79. The van der Waals surface area contributed by atoms with E-state index in [0.717, 1.165) is 26.1 Å². The fourth-order valence-corrected chi connectivity index (χ4v) is 2.71. The zero-order chi connectivity index (χ0) is 10.7. The standard InChI is InChI=1S/C12H22N2O/c1-13-7-5-6-11(13)10-12(15)14-8-3-2-4-9-14/h11H,2-10H2,1H3. The molecule has 2 fully saturated rings. The summed E-state index contributed by atoms with van der Waals surface area (Å²) in [6.07, 6.45) is 6.91. The van der Waals surface area contributed by atoms with Crippen LogP contribution in [0.3, 0.4) is 0 Å². The monoisotopic (exact) mass is 210 g/mol. The minimum absolute atomic E-state index is 0.383. The number of carbonyl (C=O) groups excluding carboxylic acids is 1. The summed E-state index contributed by atoms with van der Waals surface area (Å²) in [5.41, 5.74) is 0. The SMILES string of the molecule is CN1CCCC1CC(=O)N1CCCCC1. The lowest BCUT2D eigenvalue weighted by Gasteiger charge is -2.29. The zero-order valence-corrected chi connectivity index (χ0v) is 9.74. The van der Waals surface area contributed by atoms with Crippen molar-refractivity contribution in [3.8, 4) is 0 Å². The van der Waals surface area contributed by atoms with Crippen LogP contribution in [-0.4, -0.2) is 48.4 Å². The van der Waals surface area contributed by atoms with Crippen LogP contribution in [0.1, 0.15) is 38.5 Å². The van der Waals surface area contributed by atoms with Crippen LogP contribution in [0, 0.1) is 0 Å². The van der Waals surface area contributed by atoms with Gasteiger partial charge in [0.25, 0.3) is 0 Å². The molecule has 0 aromatic rings. The zero-order valence-electron chi connectivity index (χ0n) is 9.74. The highest BCUT2D eigenvalue weighted by Gasteiger charge is 2.26. The molecule has 1 amide bonds. The van der Waals surface area contributed by atoms with Crippen molar-refractivity contribution in [3.63, 3.8) is 0 Å². The lowest BCUT2D eigenvalue weighted by Crippen LogP contribution is -2.39.